The SMILES string of the molecule is CCc1nc(CC)n(-c2c(F)cccc2C(C)=O)n1. The molecule has 1 aromatic carbocycles. The van der Waals surface area contributed by atoms with E-state index in [-0.39, 0.29) is 11.5 Å². The Balaban J connectivity index is 2.70. The second-order valence-corrected chi connectivity index (χ2v) is 4.26. The van der Waals surface area contributed by atoms with Gasteiger partial charge in [0.25, 0.3) is 0 Å². The van der Waals surface area contributed by atoms with Crippen molar-refractivity contribution in [3.8, 4) is 5.69 Å². The summed E-state index contributed by atoms with van der Waals surface area (Å²) < 4.78 is 15.5. The van der Waals surface area contributed by atoms with Crippen molar-refractivity contribution in [3.05, 3.63) is 41.2 Å². The third-order valence-electron chi connectivity index (χ3n) is 2.93. The van der Waals surface area contributed by atoms with Gasteiger partial charge in [0.15, 0.2) is 11.6 Å². The third-order valence-corrected chi connectivity index (χ3v) is 2.93. The minimum Gasteiger partial charge on any atom is -0.294 e. The Bertz CT molecular complexity index is 619. The fourth-order valence-electron chi connectivity index (χ4n) is 1.96. The fraction of sp³-hybridized carbons (Fsp3) is 0.357. The van der Waals surface area contributed by atoms with E-state index in [0.717, 1.165) is 0 Å². The Hall–Kier alpha value is -2.04. The molecular formula is C14H16FN3O. The zero-order valence-corrected chi connectivity index (χ0v) is 11.3. The predicted molar refractivity (Wildman–Crippen MR) is 70.1 cm³/mol. The highest BCUT2D eigenvalue weighted by molar-refractivity contribution is 5.97. The van der Waals surface area contributed by atoms with Crippen molar-refractivity contribution in [3.63, 3.8) is 0 Å². The monoisotopic (exact) mass is 261 g/mol. The maximum Gasteiger partial charge on any atom is 0.162 e. The molecule has 0 atom stereocenters. The number of carbonyl (C=O) groups excluding carboxylic acids is 1. The summed E-state index contributed by atoms with van der Waals surface area (Å²) in [6, 6.07) is 4.46. The standard InChI is InChI=1S/C14H16FN3O/c1-4-12-16-13(5-2)18(17-12)14-10(9(3)19)7-6-8-11(14)15/h6-8H,4-5H2,1-3H3. The van der Waals surface area contributed by atoms with Crippen molar-refractivity contribution < 1.29 is 9.18 Å². The molecule has 2 aromatic rings. The molecule has 0 radical (unpaired) electrons. The van der Waals surface area contributed by atoms with Crippen LogP contribution < -0.4 is 0 Å². The van der Waals surface area contributed by atoms with Crippen LogP contribution >= 0.6 is 0 Å². The number of nitrogens with zero attached hydrogens (tertiary/aromatic N) is 3. The molecule has 0 aliphatic carbocycles. The summed E-state index contributed by atoms with van der Waals surface area (Å²) in [6.45, 7) is 5.28. The van der Waals surface area contributed by atoms with Gasteiger partial charge in [-0.1, -0.05) is 19.9 Å². The molecule has 0 aliphatic rings. The molecule has 5 heteroatoms. The van der Waals surface area contributed by atoms with Crippen LogP contribution in [0.25, 0.3) is 5.69 Å². The predicted octanol–water partition coefficient (Wildman–Crippen LogP) is 2.73. The molecule has 0 amide bonds. The maximum absolute atomic E-state index is 14.1. The summed E-state index contributed by atoms with van der Waals surface area (Å²) in [4.78, 5) is 16.0. The van der Waals surface area contributed by atoms with Crippen LogP contribution in [0.2, 0.25) is 0 Å². The molecule has 1 aromatic heterocycles. The quantitative estimate of drug-likeness (QED) is 0.795. The molecule has 100 valence electrons. The lowest BCUT2D eigenvalue weighted by Crippen LogP contribution is -2.10. The highest BCUT2D eigenvalue weighted by Gasteiger charge is 2.18. The number of aryl methyl sites for hydroxylation is 2. The number of Topliss-reactive ketones (excluding diaryl/α,β-unsaturated/α-hetero) is 1. The molecule has 0 aliphatic heterocycles. The van der Waals surface area contributed by atoms with E-state index in [0.29, 0.717) is 30.1 Å². The van der Waals surface area contributed by atoms with Crippen LogP contribution in [-0.4, -0.2) is 20.5 Å². The minimum absolute atomic E-state index is 0.190. The number of hydrogen-bond acceptors (Lipinski definition) is 3. The Morgan fingerprint density at radius 3 is 2.63 bits per heavy atom. The van der Waals surface area contributed by atoms with Gasteiger partial charge in [0.1, 0.15) is 17.3 Å². The highest BCUT2D eigenvalue weighted by atomic mass is 19.1. The van der Waals surface area contributed by atoms with Gasteiger partial charge in [0, 0.05) is 18.4 Å². The number of para-hydroxylation sites is 1. The van der Waals surface area contributed by atoms with E-state index >= 15 is 0 Å². The molecule has 0 unspecified atom stereocenters. The lowest BCUT2D eigenvalue weighted by molar-refractivity contribution is 0.101. The van der Waals surface area contributed by atoms with Crippen LogP contribution in [0.3, 0.4) is 0 Å². The van der Waals surface area contributed by atoms with E-state index in [1.165, 1.54) is 23.7 Å². The summed E-state index contributed by atoms with van der Waals surface area (Å²) in [6.07, 6.45) is 1.29. The zero-order chi connectivity index (χ0) is 14.0. The fourth-order valence-corrected chi connectivity index (χ4v) is 1.96. The largest absolute Gasteiger partial charge is 0.294 e. The van der Waals surface area contributed by atoms with Gasteiger partial charge in [-0.2, -0.15) is 5.10 Å². The number of halogens is 1. The molecule has 19 heavy (non-hydrogen) atoms. The van der Waals surface area contributed by atoms with E-state index in [2.05, 4.69) is 10.1 Å². The first-order chi connectivity index (χ1) is 9.08. The van der Waals surface area contributed by atoms with Crippen molar-refractivity contribution >= 4 is 5.78 Å². The molecule has 0 N–H and O–H groups in total. The lowest BCUT2D eigenvalue weighted by Gasteiger charge is -2.09. The van der Waals surface area contributed by atoms with Gasteiger partial charge in [0.2, 0.25) is 0 Å². The second kappa shape index (κ2) is 5.30. The van der Waals surface area contributed by atoms with Crippen molar-refractivity contribution in [2.45, 2.75) is 33.6 Å². The average molecular weight is 261 g/mol. The summed E-state index contributed by atoms with van der Waals surface area (Å²) in [5.41, 5.74) is 0.515. The van der Waals surface area contributed by atoms with Crippen LogP contribution in [0, 0.1) is 5.82 Å². The molecule has 0 spiro atoms. The summed E-state index contributed by atoms with van der Waals surface area (Å²) in [7, 11) is 0. The van der Waals surface area contributed by atoms with Gasteiger partial charge in [0.05, 0.1) is 0 Å². The van der Waals surface area contributed by atoms with Gasteiger partial charge in [-0.15, -0.1) is 0 Å². The van der Waals surface area contributed by atoms with Gasteiger partial charge < -0.3 is 0 Å². The molecule has 4 nitrogen and oxygen atoms in total. The topological polar surface area (TPSA) is 47.8 Å². The van der Waals surface area contributed by atoms with Gasteiger partial charge in [-0.25, -0.2) is 14.1 Å². The van der Waals surface area contributed by atoms with E-state index in [9.17, 15) is 9.18 Å². The number of ketones is 1. The molecular weight excluding hydrogens is 245 g/mol. The minimum atomic E-state index is -0.463. The number of benzene rings is 1. The van der Waals surface area contributed by atoms with Crippen molar-refractivity contribution in [2.75, 3.05) is 0 Å². The highest BCUT2D eigenvalue weighted by Crippen LogP contribution is 2.20. The molecule has 2 rings (SSSR count). The first-order valence-electron chi connectivity index (χ1n) is 6.33. The van der Waals surface area contributed by atoms with Crippen molar-refractivity contribution in [2.24, 2.45) is 0 Å². The van der Waals surface area contributed by atoms with E-state index in [1.807, 2.05) is 13.8 Å². The lowest BCUT2D eigenvalue weighted by atomic mass is 10.1. The third kappa shape index (κ3) is 2.41. The molecule has 0 saturated carbocycles. The first kappa shape index (κ1) is 13.4. The molecule has 0 fully saturated rings. The second-order valence-electron chi connectivity index (χ2n) is 4.26. The van der Waals surface area contributed by atoms with Gasteiger partial charge >= 0.3 is 0 Å². The average Bonchev–Trinajstić information content (AvgIpc) is 2.81. The normalized spacial score (nSPS) is 10.7. The number of carbonyl (C=O) groups is 1. The smallest absolute Gasteiger partial charge is 0.162 e. The van der Waals surface area contributed by atoms with Crippen molar-refractivity contribution in [1.29, 1.82) is 0 Å². The van der Waals surface area contributed by atoms with Crippen LogP contribution in [0.1, 0.15) is 42.8 Å². The molecule has 1 heterocycles. The summed E-state index contributed by atoms with van der Waals surface area (Å²) in [5, 5.41) is 4.29. The van der Waals surface area contributed by atoms with E-state index in [4.69, 9.17) is 0 Å². The number of hydrogen-bond donors (Lipinski definition) is 0. The zero-order valence-electron chi connectivity index (χ0n) is 11.3. The van der Waals surface area contributed by atoms with Crippen LogP contribution in [-0.2, 0) is 12.8 Å². The molecule has 0 bridgehead atoms. The number of aromatic nitrogens is 3. The molecule has 0 saturated heterocycles. The Morgan fingerprint density at radius 1 is 1.32 bits per heavy atom. The summed E-state index contributed by atoms with van der Waals surface area (Å²) in [5.74, 6) is 0.652. The van der Waals surface area contributed by atoms with Crippen molar-refractivity contribution in [1.82, 2.24) is 14.8 Å². The van der Waals surface area contributed by atoms with Crippen LogP contribution in [0.15, 0.2) is 18.2 Å². The Labute approximate surface area is 111 Å². The Morgan fingerprint density at radius 2 is 2.05 bits per heavy atom. The van der Waals surface area contributed by atoms with Crippen LogP contribution in [0.4, 0.5) is 4.39 Å². The summed E-state index contributed by atoms with van der Waals surface area (Å²) >= 11 is 0. The van der Waals surface area contributed by atoms with E-state index in [1.54, 1.807) is 6.07 Å². The Kier molecular flexibility index (Phi) is 3.74. The van der Waals surface area contributed by atoms with Gasteiger partial charge in [-0.05, 0) is 19.1 Å². The van der Waals surface area contributed by atoms with Gasteiger partial charge in [-0.3, -0.25) is 4.79 Å². The number of rotatable bonds is 4. The maximum atomic E-state index is 14.1. The first-order valence-corrected chi connectivity index (χ1v) is 6.33. The van der Waals surface area contributed by atoms with Crippen LogP contribution in [0.5, 0.6) is 0 Å². The van der Waals surface area contributed by atoms with E-state index < -0.39 is 5.82 Å².